The van der Waals surface area contributed by atoms with Gasteiger partial charge in [-0.25, -0.2) is 0 Å². The maximum Gasteiger partial charge on any atom is 0.315 e. The lowest BCUT2D eigenvalue weighted by Crippen LogP contribution is -3.27. The number of carbonyl (C=O) groups is 4. The molecule has 0 heterocycles. The molecule has 6 aliphatic rings. The SMILES string of the molecule is COC(=O)C12C3C4C1(C(=O)OC)C1(Cl)C2C3(C(=O)OC)C41C(=O)OC. The molecule has 6 saturated carbocycles. The maximum absolute atomic E-state index is 12.6. The molecular weight excluding hydrogens is 356 g/mol. The highest BCUT2D eigenvalue weighted by atomic mass is 35.5. The average Bonchev–Trinajstić information content (AvgIpc) is 2.63. The molecule has 0 aliphatic heterocycles. The van der Waals surface area contributed by atoms with Crippen molar-refractivity contribution >= 4 is 35.5 Å². The molecule has 25 heavy (non-hydrogen) atoms. The molecule has 0 spiro atoms. The predicted octanol–water partition coefficient (Wildman–Crippen LogP) is -0.482. The topological polar surface area (TPSA) is 105 Å². The standard InChI is InChI=1S/C16H15ClO8/c1-22-8(18)12-5-6-14(12,10(20)24-3)16(17)7(12)13(5,9(19)23-2)15(6,16)11(21)25-4/h5-7H,1-4H3. The Kier molecular flexibility index (Phi) is 2.17. The molecular formula is C16H15ClO8. The highest BCUT2D eigenvalue weighted by Crippen LogP contribution is 3.21. The van der Waals surface area contributed by atoms with E-state index in [1.165, 1.54) is 28.4 Å². The van der Waals surface area contributed by atoms with Crippen molar-refractivity contribution in [1.29, 1.82) is 0 Å². The molecule has 6 rings (SSSR count). The van der Waals surface area contributed by atoms with E-state index in [0.717, 1.165) is 0 Å². The number of ether oxygens (including phenoxy) is 4. The number of hydrogen-bond acceptors (Lipinski definition) is 8. The number of esters is 4. The smallest absolute Gasteiger partial charge is 0.315 e. The number of rotatable bonds is 4. The maximum atomic E-state index is 12.6. The van der Waals surface area contributed by atoms with Crippen molar-refractivity contribution in [2.45, 2.75) is 4.87 Å². The summed E-state index contributed by atoms with van der Waals surface area (Å²) in [6.07, 6.45) is 0. The van der Waals surface area contributed by atoms with Gasteiger partial charge in [-0.15, -0.1) is 11.6 Å². The molecule has 0 radical (unpaired) electrons. The van der Waals surface area contributed by atoms with Crippen LogP contribution < -0.4 is 0 Å². The number of alkyl halides is 1. The van der Waals surface area contributed by atoms with Gasteiger partial charge >= 0.3 is 23.9 Å². The first kappa shape index (κ1) is 15.4. The third kappa shape index (κ3) is 0.717. The van der Waals surface area contributed by atoms with E-state index in [4.69, 9.17) is 30.5 Å². The Hall–Kier alpha value is -1.83. The van der Waals surface area contributed by atoms with Crippen molar-refractivity contribution in [2.75, 3.05) is 28.4 Å². The van der Waals surface area contributed by atoms with Gasteiger partial charge in [0.15, 0.2) is 0 Å². The number of hydrogen-bond donors (Lipinski definition) is 0. The van der Waals surface area contributed by atoms with Crippen LogP contribution in [-0.4, -0.2) is 57.2 Å². The van der Waals surface area contributed by atoms with Crippen LogP contribution in [0.4, 0.5) is 0 Å². The summed E-state index contributed by atoms with van der Waals surface area (Å²) in [5.41, 5.74) is -5.12. The van der Waals surface area contributed by atoms with Crippen molar-refractivity contribution < 1.29 is 38.1 Å². The van der Waals surface area contributed by atoms with Gasteiger partial charge in [0.2, 0.25) is 0 Å². The Morgan fingerprint density at radius 2 is 1.04 bits per heavy atom. The van der Waals surface area contributed by atoms with Crippen LogP contribution in [0.1, 0.15) is 0 Å². The quantitative estimate of drug-likeness (QED) is 0.371. The fourth-order valence-electron chi connectivity index (χ4n) is 8.18. The van der Waals surface area contributed by atoms with E-state index >= 15 is 0 Å². The van der Waals surface area contributed by atoms with Crippen molar-refractivity contribution in [3.8, 4) is 0 Å². The zero-order valence-corrected chi connectivity index (χ0v) is 14.6. The van der Waals surface area contributed by atoms with Gasteiger partial charge in [-0.05, 0) is 5.92 Å². The second-order valence-electron chi connectivity index (χ2n) is 7.42. The van der Waals surface area contributed by atoms with E-state index in [2.05, 4.69) is 0 Å². The highest BCUT2D eigenvalue weighted by molar-refractivity contribution is 6.39. The second-order valence-corrected chi connectivity index (χ2v) is 8.02. The molecule has 9 heteroatoms. The number of methoxy groups -OCH3 is 4. The molecule has 6 fully saturated rings. The molecule has 0 aromatic carbocycles. The van der Waals surface area contributed by atoms with Crippen LogP contribution in [0.25, 0.3) is 0 Å². The molecule has 4 unspecified atom stereocenters. The van der Waals surface area contributed by atoms with Crippen LogP contribution in [0.3, 0.4) is 0 Å². The molecule has 0 bridgehead atoms. The third-order valence-electron chi connectivity index (χ3n) is 8.07. The molecule has 0 saturated heterocycles. The molecule has 0 aromatic rings. The first-order valence-corrected chi connectivity index (χ1v) is 8.19. The Morgan fingerprint density at radius 1 is 0.680 bits per heavy atom. The van der Waals surface area contributed by atoms with Crippen LogP contribution in [-0.2, 0) is 38.1 Å². The van der Waals surface area contributed by atoms with Gasteiger partial charge in [-0.2, -0.15) is 0 Å². The largest absolute Gasteiger partial charge is 0.469 e. The Labute approximate surface area is 147 Å². The fourth-order valence-corrected chi connectivity index (χ4v) is 9.22. The van der Waals surface area contributed by atoms with E-state index in [-0.39, 0.29) is 0 Å². The Bertz CT molecular complexity index is 763. The Morgan fingerprint density at radius 3 is 1.32 bits per heavy atom. The van der Waals surface area contributed by atoms with Gasteiger partial charge < -0.3 is 18.9 Å². The highest BCUT2D eigenvalue weighted by Gasteiger charge is 3.32. The summed E-state index contributed by atoms with van der Waals surface area (Å²) in [7, 11) is 4.85. The summed E-state index contributed by atoms with van der Waals surface area (Å²) in [6.45, 7) is 0. The van der Waals surface area contributed by atoms with Gasteiger partial charge in [0.25, 0.3) is 0 Å². The second kappa shape index (κ2) is 3.51. The summed E-state index contributed by atoms with van der Waals surface area (Å²) < 4.78 is 19.7. The van der Waals surface area contributed by atoms with Gasteiger partial charge in [0.1, 0.15) is 10.8 Å². The van der Waals surface area contributed by atoms with Crippen LogP contribution in [0.2, 0.25) is 0 Å². The lowest BCUT2D eigenvalue weighted by molar-refractivity contribution is -0.670. The summed E-state index contributed by atoms with van der Waals surface area (Å²) in [4.78, 5) is 49.1. The first-order valence-electron chi connectivity index (χ1n) is 7.81. The van der Waals surface area contributed by atoms with Crippen molar-refractivity contribution in [1.82, 2.24) is 0 Å². The van der Waals surface area contributed by atoms with Gasteiger partial charge in [0.05, 0.1) is 44.1 Å². The minimum atomic E-state index is -1.39. The Balaban J connectivity index is 1.74. The number of halogens is 1. The lowest BCUT2D eigenvalue weighted by Gasteiger charge is -3.15. The van der Waals surface area contributed by atoms with E-state index < -0.39 is 68.2 Å². The zero-order valence-electron chi connectivity index (χ0n) is 13.9. The van der Waals surface area contributed by atoms with Crippen molar-refractivity contribution in [3.63, 3.8) is 0 Å². The minimum Gasteiger partial charge on any atom is -0.469 e. The molecule has 6 aliphatic carbocycles. The number of carbonyl (C=O) groups excluding carboxylic acids is 4. The third-order valence-corrected chi connectivity index (χ3v) is 8.88. The summed E-state index contributed by atoms with van der Waals surface area (Å²) in [5, 5.41) is 0. The summed E-state index contributed by atoms with van der Waals surface area (Å²) in [5.74, 6) is -4.31. The van der Waals surface area contributed by atoms with E-state index in [9.17, 15) is 19.2 Å². The molecule has 8 nitrogen and oxygen atoms in total. The predicted molar refractivity (Wildman–Crippen MR) is 76.9 cm³/mol. The monoisotopic (exact) mass is 370 g/mol. The first-order chi connectivity index (χ1) is 11.8. The average molecular weight is 371 g/mol. The van der Waals surface area contributed by atoms with Crippen LogP contribution >= 0.6 is 11.6 Å². The summed E-state index contributed by atoms with van der Waals surface area (Å²) in [6, 6.07) is 0. The van der Waals surface area contributed by atoms with Crippen molar-refractivity contribution in [3.05, 3.63) is 0 Å². The molecule has 0 N–H and O–H groups in total. The fraction of sp³-hybridized carbons (Fsp3) is 0.750. The van der Waals surface area contributed by atoms with Crippen LogP contribution in [0, 0.1) is 39.4 Å². The van der Waals surface area contributed by atoms with Crippen LogP contribution in [0.15, 0.2) is 0 Å². The van der Waals surface area contributed by atoms with E-state index in [1.807, 2.05) is 0 Å². The molecule has 0 amide bonds. The van der Waals surface area contributed by atoms with Gasteiger partial charge in [-0.3, -0.25) is 19.2 Å². The van der Waals surface area contributed by atoms with Crippen LogP contribution in [0.5, 0.6) is 0 Å². The normalized spacial score (nSPS) is 56.4. The van der Waals surface area contributed by atoms with E-state index in [1.54, 1.807) is 0 Å². The zero-order chi connectivity index (χ0) is 18.4. The van der Waals surface area contributed by atoms with Crippen molar-refractivity contribution in [2.24, 2.45) is 39.4 Å². The van der Waals surface area contributed by atoms with E-state index in [0.29, 0.717) is 0 Å². The van der Waals surface area contributed by atoms with Gasteiger partial charge in [0, 0.05) is 11.8 Å². The molecule has 4 atom stereocenters. The lowest BCUT2D eigenvalue weighted by atomic mass is 8.83. The summed E-state index contributed by atoms with van der Waals surface area (Å²) >= 11 is 6.81. The molecule has 0 aromatic heterocycles. The van der Waals surface area contributed by atoms with Gasteiger partial charge in [-0.1, -0.05) is 0 Å². The minimum absolute atomic E-state index is 0.524. The molecule has 134 valence electrons.